The summed E-state index contributed by atoms with van der Waals surface area (Å²) in [5, 5.41) is 0. The molecule has 1 atom stereocenters. The number of ether oxygens (including phenoxy) is 1. The van der Waals surface area contributed by atoms with E-state index in [2.05, 4.69) is 32.7 Å². The fourth-order valence-electron chi connectivity index (χ4n) is 2.50. The van der Waals surface area contributed by atoms with Gasteiger partial charge in [-0.3, -0.25) is 9.88 Å². The number of amides is 1. The van der Waals surface area contributed by atoms with Crippen molar-refractivity contribution in [3.8, 4) is 0 Å². The molecule has 0 aliphatic carbocycles. The average molecular weight is 370 g/mol. The minimum atomic E-state index is -0.449. The number of rotatable bonds is 2. The Morgan fingerprint density at radius 2 is 2.14 bits per heavy atom. The Hall–Kier alpha value is -1.14. The zero-order chi connectivity index (χ0) is 16.3. The Morgan fingerprint density at radius 1 is 1.41 bits per heavy atom. The van der Waals surface area contributed by atoms with E-state index >= 15 is 0 Å². The maximum Gasteiger partial charge on any atom is 0.410 e. The number of carbonyl (C=O) groups excluding carboxylic acids is 1. The van der Waals surface area contributed by atoms with Gasteiger partial charge >= 0.3 is 6.09 Å². The molecular formula is C16H24BrN3O2. The second-order valence-corrected chi connectivity index (χ2v) is 7.64. The molecule has 0 saturated carbocycles. The largest absolute Gasteiger partial charge is 0.444 e. The van der Waals surface area contributed by atoms with Gasteiger partial charge in [0.05, 0.1) is 5.69 Å². The molecular weight excluding hydrogens is 346 g/mol. The SMILES string of the molecule is CC1CN(Cc2ccc(Br)cn2)CCN1C(=O)OC(C)(C)C. The van der Waals surface area contributed by atoms with E-state index in [0.717, 1.165) is 29.8 Å². The van der Waals surface area contributed by atoms with Crippen LogP contribution in [0.4, 0.5) is 4.79 Å². The summed E-state index contributed by atoms with van der Waals surface area (Å²) in [6.45, 7) is 10.9. The third kappa shape index (κ3) is 4.95. The highest BCUT2D eigenvalue weighted by molar-refractivity contribution is 9.10. The molecule has 0 N–H and O–H groups in total. The molecule has 0 radical (unpaired) electrons. The lowest BCUT2D eigenvalue weighted by Crippen LogP contribution is -2.54. The summed E-state index contributed by atoms with van der Waals surface area (Å²) in [5.41, 5.74) is 0.594. The Morgan fingerprint density at radius 3 is 2.68 bits per heavy atom. The first-order valence-electron chi connectivity index (χ1n) is 7.57. The van der Waals surface area contributed by atoms with Crippen LogP contribution in [0.3, 0.4) is 0 Å². The van der Waals surface area contributed by atoms with Crippen molar-refractivity contribution in [2.24, 2.45) is 0 Å². The lowest BCUT2D eigenvalue weighted by Gasteiger charge is -2.40. The van der Waals surface area contributed by atoms with Crippen molar-refractivity contribution < 1.29 is 9.53 Å². The molecule has 0 aromatic carbocycles. The zero-order valence-electron chi connectivity index (χ0n) is 13.7. The molecule has 6 heteroatoms. The first kappa shape index (κ1) is 17.2. The second kappa shape index (κ2) is 6.96. The van der Waals surface area contributed by atoms with Crippen molar-refractivity contribution in [1.82, 2.24) is 14.8 Å². The molecule has 5 nitrogen and oxygen atoms in total. The van der Waals surface area contributed by atoms with Gasteiger partial charge in [-0.05, 0) is 55.8 Å². The standard InChI is InChI=1S/C16H24BrN3O2/c1-12-10-19(11-14-6-5-13(17)9-18-14)7-8-20(12)15(21)22-16(2,3)4/h5-6,9,12H,7-8,10-11H2,1-4H3. The van der Waals surface area contributed by atoms with Gasteiger partial charge < -0.3 is 9.64 Å². The van der Waals surface area contributed by atoms with Gasteiger partial charge in [-0.15, -0.1) is 0 Å². The van der Waals surface area contributed by atoms with Gasteiger partial charge in [0.25, 0.3) is 0 Å². The molecule has 2 heterocycles. The number of hydrogen-bond donors (Lipinski definition) is 0. The van der Waals surface area contributed by atoms with Gasteiger partial charge in [-0.1, -0.05) is 0 Å². The summed E-state index contributed by atoms with van der Waals surface area (Å²) in [7, 11) is 0. The Kier molecular flexibility index (Phi) is 5.45. The lowest BCUT2D eigenvalue weighted by molar-refractivity contribution is 0.000438. The van der Waals surface area contributed by atoms with Gasteiger partial charge in [-0.2, -0.15) is 0 Å². The quantitative estimate of drug-likeness (QED) is 0.802. The summed E-state index contributed by atoms with van der Waals surface area (Å²) in [6.07, 6.45) is 1.59. The summed E-state index contributed by atoms with van der Waals surface area (Å²) in [4.78, 5) is 20.7. The number of hydrogen-bond acceptors (Lipinski definition) is 4. The molecule has 1 amide bonds. The van der Waals surface area contributed by atoms with Gasteiger partial charge in [0.2, 0.25) is 0 Å². The van der Waals surface area contributed by atoms with Crippen molar-refractivity contribution in [3.63, 3.8) is 0 Å². The van der Waals surface area contributed by atoms with Crippen LogP contribution >= 0.6 is 15.9 Å². The van der Waals surface area contributed by atoms with E-state index < -0.39 is 5.60 Å². The molecule has 2 rings (SSSR count). The molecule has 1 aromatic heterocycles. The van der Waals surface area contributed by atoms with Crippen molar-refractivity contribution >= 4 is 22.0 Å². The van der Waals surface area contributed by atoms with Crippen LogP contribution in [0, 0.1) is 0 Å². The predicted molar refractivity (Wildman–Crippen MR) is 89.6 cm³/mol. The van der Waals surface area contributed by atoms with Crippen molar-refractivity contribution in [2.75, 3.05) is 19.6 Å². The van der Waals surface area contributed by atoms with E-state index in [0.29, 0.717) is 6.54 Å². The normalized spacial score (nSPS) is 20.0. The highest BCUT2D eigenvalue weighted by Gasteiger charge is 2.30. The van der Waals surface area contributed by atoms with E-state index in [9.17, 15) is 4.79 Å². The predicted octanol–water partition coefficient (Wildman–Crippen LogP) is 3.29. The van der Waals surface area contributed by atoms with E-state index in [1.807, 2.05) is 44.0 Å². The summed E-state index contributed by atoms with van der Waals surface area (Å²) in [6, 6.07) is 4.16. The smallest absolute Gasteiger partial charge is 0.410 e. The van der Waals surface area contributed by atoms with Crippen LogP contribution < -0.4 is 0 Å². The van der Waals surface area contributed by atoms with Crippen molar-refractivity contribution in [1.29, 1.82) is 0 Å². The molecule has 122 valence electrons. The molecule has 22 heavy (non-hydrogen) atoms. The number of halogens is 1. The van der Waals surface area contributed by atoms with E-state index in [1.54, 1.807) is 0 Å². The van der Waals surface area contributed by atoms with E-state index in [1.165, 1.54) is 0 Å². The first-order valence-corrected chi connectivity index (χ1v) is 8.36. The summed E-state index contributed by atoms with van der Waals surface area (Å²) >= 11 is 3.39. The van der Waals surface area contributed by atoms with E-state index in [-0.39, 0.29) is 12.1 Å². The third-order valence-electron chi connectivity index (χ3n) is 3.51. The Bertz CT molecular complexity index is 513. The highest BCUT2D eigenvalue weighted by Crippen LogP contribution is 2.17. The van der Waals surface area contributed by atoms with E-state index in [4.69, 9.17) is 4.74 Å². The molecule has 0 spiro atoms. The Balaban J connectivity index is 1.89. The molecule has 1 aliphatic rings. The molecule has 1 saturated heterocycles. The van der Waals surface area contributed by atoms with Crippen LogP contribution in [-0.2, 0) is 11.3 Å². The molecule has 1 unspecified atom stereocenters. The van der Waals surface area contributed by atoms with Gasteiger partial charge in [-0.25, -0.2) is 4.79 Å². The second-order valence-electron chi connectivity index (χ2n) is 6.73. The zero-order valence-corrected chi connectivity index (χ0v) is 15.3. The number of pyridine rings is 1. The summed E-state index contributed by atoms with van der Waals surface area (Å²) in [5.74, 6) is 0. The van der Waals surface area contributed by atoms with Gasteiger partial charge in [0.1, 0.15) is 5.60 Å². The molecule has 1 aliphatic heterocycles. The monoisotopic (exact) mass is 369 g/mol. The number of piperazine rings is 1. The van der Waals surface area contributed by atoms with Crippen LogP contribution in [0.15, 0.2) is 22.8 Å². The third-order valence-corrected chi connectivity index (χ3v) is 3.98. The summed E-state index contributed by atoms with van der Waals surface area (Å²) < 4.78 is 6.45. The number of carbonyl (C=O) groups is 1. The van der Waals surface area contributed by atoms with Crippen LogP contribution in [0.5, 0.6) is 0 Å². The van der Waals surface area contributed by atoms with Crippen LogP contribution in [0.25, 0.3) is 0 Å². The van der Waals surface area contributed by atoms with Crippen LogP contribution in [0.2, 0.25) is 0 Å². The maximum absolute atomic E-state index is 12.2. The average Bonchev–Trinajstić information content (AvgIpc) is 2.39. The fourth-order valence-corrected chi connectivity index (χ4v) is 2.73. The molecule has 0 bridgehead atoms. The topological polar surface area (TPSA) is 45.7 Å². The minimum absolute atomic E-state index is 0.138. The van der Waals surface area contributed by atoms with Gasteiger partial charge in [0, 0.05) is 42.9 Å². The van der Waals surface area contributed by atoms with Gasteiger partial charge in [0.15, 0.2) is 0 Å². The lowest BCUT2D eigenvalue weighted by atomic mass is 10.2. The highest BCUT2D eigenvalue weighted by atomic mass is 79.9. The first-order chi connectivity index (χ1) is 10.2. The Labute approximate surface area is 140 Å². The van der Waals surface area contributed by atoms with Crippen LogP contribution in [-0.4, -0.2) is 52.2 Å². The minimum Gasteiger partial charge on any atom is -0.444 e. The van der Waals surface area contributed by atoms with Crippen LogP contribution in [0.1, 0.15) is 33.4 Å². The maximum atomic E-state index is 12.2. The van der Waals surface area contributed by atoms with Crippen molar-refractivity contribution in [2.45, 2.75) is 45.9 Å². The fraction of sp³-hybridized carbons (Fsp3) is 0.625. The number of nitrogens with zero attached hydrogens (tertiary/aromatic N) is 3. The molecule has 1 aromatic rings. The van der Waals surface area contributed by atoms with Crippen molar-refractivity contribution in [3.05, 3.63) is 28.5 Å². The number of aromatic nitrogens is 1. The molecule has 1 fully saturated rings.